The molecule has 0 aliphatic carbocycles. The van der Waals surface area contributed by atoms with Crippen molar-refractivity contribution in [3.8, 4) is 0 Å². The van der Waals surface area contributed by atoms with Crippen LogP contribution in [0.4, 0.5) is 0 Å². The molecule has 0 saturated carbocycles. The standard InChI is InChI=1S/C10H18N2OS/c1-8-9(13)12(7-11-8)6-10(2)4-3-5-14-10/h8,11H,3-7H2,1-2H3. The Morgan fingerprint density at radius 2 is 2.50 bits per heavy atom. The summed E-state index contributed by atoms with van der Waals surface area (Å²) in [6, 6.07) is 0.0185. The highest BCUT2D eigenvalue weighted by Crippen LogP contribution is 2.38. The summed E-state index contributed by atoms with van der Waals surface area (Å²) in [6.07, 6.45) is 2.54. The minimum Gasteiger partial charge on any atom is -0.327 e. The zero-order chi connectivity index (χ0) is 10.2. The van der Waals surface area contributed by atoms with Crippen molar-refractivity contribution in [1.82, 2.24) is 10.2 Å². The molecule has 2 aliphatic rings. The molecule has 2 aliphatic heterocycles. The van der Waals surface area contributed by atoms with Crippen molar-refractivity contribution in [3.63, 3.8) is 0 Å². The fourth-order valence-corrected chi connectivity index (χ4v) is 3.50. The Hall–Kier alpha value is -0.220. The van der Waals surface area contributed by atoms with E-state index in [4.69, 9.17) is 0 Å². The molecule has 0 spiro atoms. The molecule has 1 amide bonds. The lowest BCUT2D eigenvalue weighted by Crippen LogP contribution is -2.39. The van der Waals surface area contributed by atoms with E-state index < -0.39 is 0 Å². The molecular weight excluding hydrogens is 196 g/mol. The SMILES string of the molecule is CC1NCN(CC2(C)CCCS2)C1=O. The number of nitrogens with one attached hydrogen (secondary N) is 1. The second-order valence-corrected chi connectivity index (χ2v) is 6.20. The van der Waals surface area contributed by atoms with Crippen LogP contribution < -0.4 is 5.32 Å². The number of hydrogen-bond acceptors (Lipinski definition) is 3. The number of carbonyl (C=O) groups is 1. The first-order chi connectivity index (χ1) is 6.61. The van der Waals surface area contributed by atoms with Crippen LogP contribution in [0.5, 0.6) is 0 Å². The van der Waals surface area contributed by atoms with Crippen molar-refractivity contribution >= 4 is 17.7 Å². The first kappa shape index (κ1) is 10.3. The molecule has 4 heteroatoms. The highest BCUT2D eigenvalue weighted by Gasteiger charge is 2.36. The molecule has 2 unspecified atom stereocenters. The molecule has 2 heterocycles. The van der Waals surface area contributed by atoms with Crippen LogP contribution in [0.2, 0.25) is 0 Å². The number of thioether (sulfide) groups is 1. The van der Waals surface area contributed by atoms with Crippen LogP contribution in [0.15, 0.2) is 0 Å². The summed E-state index contributed by atoms with van der Waals surface area (Å²) in [6.45, 7) is 5.86. The van der Waals surface area contributed by atoms with Gasteiger partial charge >= 0.3 is 0 Å². The molecule has 80 valence electrons. The summed E-state index contributed by atoms with van der Waals surface area (Å²) >= 11 is 2.01. The number of hydrogen-bond donors (Lipinski definition) is 1. The lowest BCUT2D eigenvalue weighted by molar-refractivity contribution is -0.128. The third-order valence-electron chi connectivity index (χ3n) is 3.10. The zero-order valence-electron chi connectivity index (χ0n) is 8.88. The fourth-order valence-electron chi connectivity index (χ4n) is 2.19. The predicted octanol–water partition coefficient (Wildman–Crippen LogP) is 1.05. The van der Waals surface area contributed by atoms with Gasteiger partial charge in [-0.25, -0.2) is 0 Å². The van der Waals surface area contributed by atoms with Crippen molar-refractivity contribution in [2.45, 2.75) is 37.5 Å². The van der Waals surface area contributed by atoms with Crippen LogP contribution >= 0.6 is 11.8 Å². The number of carbonyl (C=O) groups excluding carboxylic acids is 1. The maximum atomic E-state index is 11.7. The maximum Gasteiger partial charge on any atom is 0.240 e. The van der Waals surface area contributed by atoms with Gasteiger partial charge in [0, 0.05) is 11.3 Å². The molecule has 0 radical (unpaired) electrons. The Kier molecular flexibility index (Phi) is 2.75. The third-order valence-corrected chi connectivity index (χ3v) is 4.62. The zero-order valence-corrected chi connectivity index (χ0v) is 9.69. The number of nitrogens with zero attached hydrogens (tertiary/aromatic N) is 1. The van der Waals surface area contributed by atoms with E-state index in [2.05, 4.69) is 12.2 Å². The van der Waals surface area contributed by atoms with E-state index in [1.165, 1.54) is 18.6 Å². The average Bonchev–Trinajstić information content (AvgIpc) is 2.68. The first-order valence-corrected chi connectivity index (χ1v) is 6.25. The van der Waals surface area contributed by atoms with Gasteiger partial charge in [-0.3, -0.25) is 10.1 Å². The number of amides is 1. The largest absolute Gasteiger partial charge is 0.327 e. The van der Waals surface area contributed by atoms with Gasteiger partial charge in [0.2, 0.25) is 5.91 Å². The molecule has 2 fully saturated rings. The van der Waals surface area contributed by atoms with Gasteiger partial charge in [-0.15, -0.1) is 0 Å². The van der Waals surface area contributed by atoms with Gasteiger partial charge in [0.1, 0.15) is 0 Å². The summed E-state index contributed by atoms with van der Waals surface area (Å²) in [5.74, 6) is 1.51. The Balaban J connectivity index is 1.94. The highest BCUT2D eigenvalue weighted by atomic mass is 32.2. The second-order valence-electron chi connectivity index (χ2n) is 4.52. The Labute approximate surface area is 89.6 Å². The van der Waals surface area contributed by atoms with Crippen molar-refractivity contribution in [1.29, 1.82) is 0 Å². The van der Waals surface area contributed by atoms with Gasteiger partial charge in [0.15, 0.2) is 0 Å². The summed E-state index contributed by atoms with van der Waals surface area (Å²) in [5.41, 5.74) is 0. The van der Waals surface area contributed by atoms with Gasteiger partial charge < -0.3 is 4.90 Å². The van der Waals surface area contributed by atoms with Gasteiger partial charge in [0.25, 0.3) is 0 Å². The fraction of sp³-hybridized carbons (Fsp3) is 0.900. The molecule has 0 aromatic heterocycles. The summed E-state index contributed by atoms with van der Waals surface area (Å²) in [5, 5.41) is 3.18. The van der Waals surface area contributed by atoms with E-state index in [-0.39, 0.29) is 11.9 Å². The molecule has 14 heavy (non-hydrogen) atoms. The van der Waals surface area contributed by atoms with Crippen LogP contribution in [-0.4, -0.2) is 40.6 Å². The topological polar surface area (TPSA) is 32.3 Å². The average molecular weight is 214 g/mol. The first-order valence-electron chi connectivity index (χ1n) is 5.27. The van der Waals surface area contributed by atoms with E-state index in [1.54, 1.807) is 0 Å². The Bertz CT molecular complexity index is 238. The molecule has 2 atom stereocenters. The molecule has 0 aromatic carbocycles. The van der Waals surface area contributed by atoms with Gasteiger partial charge in [-0.2, -0.15) is 11.8 Å². The quantitative estimate of drug-likeness (QED) is 0.746. The maximum absolute atomic E-state index is 11.7. The monoisotopic (exact) mass is 214 g/mol. The molecule has 3 nitrogen and oxygen atoms in total. The van der Waals surface area contributed by atoms with E-state index in [0.717, 1.165) is 13.2 Å². The van der Waals surface area contributed by atoms with E-state index in [9.17, 15) is 4.79 Å². The highest BCUT2D eigenvalue weighted by molar-refractivity contribution is 8.00. The molecule has 2 rings (SSSR count). The van der Waals surface area contributed by atoms with Crippen molar-refractivity contribution in [2.24, 2.45) is 0 Å². The van der Waals surface area contributed by atoms with Gasteiger partial charge in [-0.1, -0.05) is 0 Å². The summed E-state index contributed by atoms with van der Waals surface area (Å²) in [7, 11) is 0. The van der Waals surface area contributed by atoms with Crippen LogP contribution in [0.25, 0.3) is 0 Å². The van der Waals surface area contributed by atoms with Crippen LogP contribution in [0.1, 0.15) is 26.7 Å². The molecule has 0 aromatic rings. The van der Waals surface area contributed by atoms with Crippen LogP contribution in [0, 0.1) is 0 Å². The van der Waals surface area contributed by atoms with Crippen molar-refractivity contribution in [3.05, 3.63) is 0 Å². The molecule has 0 bridgehead atoms. The molecule has 2 saturated heterocycles. The predicted molar refractivity (Wildman–Crippen MR) is 59.3 cm³/mol. The normalized spacial score (nSPS) is 38.3. The molecular formula is C10H18N2OS. The van der Waals surface area contributed by atoms with E-state index in [0.29, 0.717) is 4.75 Å². The van der Waals surface area contributed by atoms with Crippen molar-refractivity contribution < 1.29 is 4.79 Å². The minimum absolute atomic E-state index is 0.0185. The van der Waals surface area contributed by atoms with Gasteiger partial charge in [0.05, 0.1) is 12.7 Å². The van der Waals surface area contributed by atoms with Crippen LogP contribution in [-0.2, 0) is 4.79 Å². The van der Waals surface area contributed by atoms with Gasteiger partial charge in [-0.05, 0) is 32.4 Å². The van der Waals surface area contributed by atoms with Crippen LogP contribution in [0.3, 0.4) is 0 Å². The molecule has 1 N–H and O–H groups in total. The van der Waals surface area contributed by atoms with E-state index in [1.807, 2.05) is 23.6 Å². The Morgan fingerprint density at radius 1 is 1.71 bits per heavy atom. The summed E-state index contributed by atoms with van der Waals surface area (Å²) < 4.78 is 0.307. The number of rotatable bonds is 2. The minimum atomic E-state index is 0.0185. The van der Waals surface area contributed by atoms with E-state index >= 15 is 0 Å². The third kappa shape index (κ3) is 1.91. The second kappa shape index (κ2) is 3.74. The summed E-state index contributed by atoms with van der Waals surface area (Å²) in [4.78, 5) is 13.7. The Morgan fingerprint density at radius 3 is 3.00 bits per heavy atom. The lowest BCUT2D eigenvalue weighted by atomic mass is 10.1. The smallest absolute Gasteiger partial charge is 0.240 e. The lowest BCUT2D eigenvalue weighted by Gasteiger charge is -2.28. The van der Waals surface area contributed by atoms with Crippen molar-refractivity contribution in [2.75, 3.05) is 19.0 Å².